The van der Waals surface area contributed by atoms with Gasteiger partial charge in [0, 0.05) is 19.8 Å². The lowest BCUT2D eigenvalue weighted by molar-refractivity contribution is 0.187. The average molecular weight is 463 g/mol. The number of benzene rings is 1. The number of fused-ring (bicyclic) bond motifs is 1. The maximum absolute atomic E-state index is 6.22. The van der Waals surface area contributed by atoms with Crippen LogP contribution in [0.25, 0.3) is 21.7 Å². The molecule has 1 fully saturated rings. The van der Waals surface area contributed by atoms with Gasteiger partial charge in [-0.15, -0.1) is 11.3 Å². The number of thiophene rings is 1. The maximum Gasteiger partial charge on any atom is 0.156 e. The Morgan fingerprint density at radius 2 is 2.03 bits per heavy atom. The molecular weight excluding hydrogens is 428 g/mol. The second-order valence-electron chi connectivity index (χ2n) is 9.03. The van der Waals surface area contributed by atoms with Gasteiger partial charge in [0.15, 0.2) is 5.82 Å². The molecule has 0 radical (unpaired) electrons. The number of rotatable bonds is 8. The van der Waals surface area contributed by atoms with Gasteiger partial charge in [-0.1, -0.05) is 19.1 Å². The van der Waals surface area contributed by atoms with E-state index < -0.39 is 0 Å². The van der Waals surface area contributed by atoms with Crippen LogP contribution in [0.2, 0.25) is 0 Å². The van der Waals surface area contributed by atoms with Crippen LogP contribution in [0.1, 0.15) is 43.9 Å². The zero-order valence-corrected chi connectivity index (χ0v) is 20.5. The number of aryl methyl sites for hydroxylation is 4. The minimum absolute atomic E-state index is 0.339. The molecule has 174 valence electrons. The molecule has 0 spiro atoms. The highest BCUT2D eigenvalue weighted by molar-refractivity contribution is 7.17. The summed E-state index contributed by atoms with van der Waals surface area (Å²) >= 11 is 1.79. The van der Waals surface area contributed by atoms with Gasteiger partial charge in [-0.2, -0.15) is 0 Å². The van der Waals surface area contributed by atoms with Crippen molar-refractivity contribution in [3.63, 3.8) is 0 Å². The molecule has 0 amide bonds. The molecular formula is C27H34N4OS. The second kappa shape index (κ2) is 10.1. The molecule has 1 aliphatic heterocycles. The lowest BCUT2D eigenvalue weighted by Gasteiger charge is -2.17. The van der Waals surface area contributed by atoms with Gasteiger partial charge < -0.3 is 19.2 Å². The Morgan fingerprint density at radius 1 is 1.15 bits per heavy atom. The summed E-state index contributed by atoms with van der Waals surface area (Å²) in [7, 11) is 2.14. The summed E-state index contributed by atoms with van der Waals surface area (Å²) < 4.78 is 12.2. The quantitative estimate of drug-likeness (QED) is 0.359. The Kier molecular flexibility index (Phi) is 6.83. The number of hydrogen-bond acceptors (Lipinski definition) is 4. The van der Waals surface area contributed by atoms with Crippen LogP contribution >= 0.6 is 11.3 Å². The Labute approximate surface area is 200 Å². The van der Waals surface area contributed by atoms with E-state index in [1.54, 1.807) is 11.3 Å². The minimum Gasteiger partial charge on any atom is -0.490 e. The van der Waals surface area contributed by atoms with Gasteiger partial charge in [-0.05, 0) is 86.8 Å². The number of imidazole rings is 1. The standard InChI is InChI=1S/C27H34N4OS/c1-3-21-19-31(27(29-21)25-18-26-24(30(25)2)13-17-33-26)16-5-6-20-8-10-23(11-9-20)32-22-7-4-14-28-15-12-22/h8-11,13,17-19,22,28H,3-7,12,14-16H2,1-2H3. The van der Waals surface area contributed by atoms with E-state index in [0.29, 0.717) is 6.10 Å². The summed E-state index contributed by atoms with van der Waals surface area (Å²) in [5.41, 5.74) is 5.00. The van der Waals surface area contributed by atoms with E-state index in [0.717, 1.165) is 69.0 Å². The van der Waals surface area contributed by atoms with E-state index in [2.05, 4.69) is 76.4 Å². The number of nitrogens with zero attached hydrogens (tertiary/aromatic N) is 3. The minimum atomic E-state index is 0.339. The van der Waals surface area contributed by atoms with Crippen LogP contribution in [0.5, 0.6) is 5.75 Å². The van der Waals surface area contributed by atoms with Crippen LogP contribution in [0.4, 0.5) is 0 Å². The average Bonchev–Trinajstić information content (AvgIpc) is 3.47. The van der Waals surface area contributed by atoms with Gasteiger partial charge in [0.2, 0.25) is 0 Å². The molecule has 4 aromatic rings. The normalized spacial score (nSPS) is 16.8. The molecule has 0 bridgehead atoms. The van der Waals surface area contributed by atoms with Gasteiger partial charge in [-0.3, -0.25) is 0 Å². The SMILES string of the molecule is CCc1cn(CCCc2ccc(OC3CCCNCC3)cc2)c(-c2cc3sccc3n2C)n1. The van der Waals surface area contributed by atoms with Crippen molar-refractivity contribution >= 4 is 21.6 Å². The first-order chi connectivity index (χ1) is 16.2. The highest BCUT2D eigenvalue weighted by atomic mass is 32.1. The fourth-order valence-electron chi connectivity index (χ4n) is 4.77. The molecule has 1 N–H and O–H groups in total. The second-order valence-corrected chi connectivity index (χ2v) is 9.98. The van der Waals surface area contributed by atoms with Crippen LogP contribution in [0.3, 0.4) is 0 Å². The van der Waals surface area contributed by atoms with E-state index in [1.807, 2.05) is 0 Å². The van der Waals surface area contributed by atoms with Crippen molar-refractivity contribution in [1.82, 2.24) is 19.4 Å². The molecule has 3 aromatic heterocycles. The lowest BCUT2D eigenvalue weighted by atomic mass is 10.1. The van der Waals surface area contributed by atoms with Crippen LogP contribution in [-0.4, -0.2) is 33.3 Å². The fourth-order valence-corrected chi connectivity index (χ4v) is 5.61. The Bertz CT molecular complexity index is 1180. The third kappa shape index (κ3) is 5.02. The number of hydrogen-bond donors (Lipinski definition) is 1. The summed E-state index contributed by atoms with van der Waals surface area (Å²) in [5.74, 6) is 2.08. The fraction of sp³-hybridized carbons (Fsp3) is 0.444. The first kappa shape index (κ1) is 22.2. The molecule has 0 saturated carbocycles. The van der Waals surface area contributed by atoms with Gasteiger partial charge >= 0.3 is 0 Å². The third-order valence-electron chi connectivity index (χ3n) is 6.69. The summed E-state index contributed by atoms with van der Waals surface area (Å²) in [6.45, 7) is 5.31. The molecule has 1 atom stereocenters. The predicted molar refractivity (Wildman–Crippen MR) is 137 cm³/mol. The van der Waals surface area contributed by atoms with Crippen LogP contribution in [0.15, 0.2) is 48.0 Å². The van der Waals surface area contributed by atoms with E-state index in [-0.39, 0.29) is 0 Å². The van der Waals surface area contributed by atoms with Gasteiger partial charge in [0.05, 0.1) is 27.7 Å². The van der Waals surface area contributed by atoms with Crippen LogP contribution in [0, 0.1) is 0 Å². The van der Waals surface area contributed by atoms with Crippen molar-refractivity contribution < 1.29 is 4.74 Å². The molecule has 0 aliphatic carbocycles. The number of ether oxygens (including phenoxy) is 1. The van der Waals surface area contributed by atoms with Crippen molar-refractivity contribution in [3.05, 3.63) is 59.2 Å². The summed E-state index contributed by atoms with van der Waals surface area (Å²) in [6, 6.07) is 13.2. The summed E-state index contributed by atoms with van der Waals surface area (Å²) in [6.07, 6.45) is 9.08. The molecule has 5 nitrogen and oxygen atoms in total. The van der Waals surface area contributed by atoms with Crippen molar-refractivity contribution in [2.75, 3.05) is 13.1 Å². The molecule has 1 aromatic carbocycles. The van der Waals surface area contributed by atoms with E-state index in [4.69, 9.17) is 9.72 Å². The highest BCUT2D eigenvalue weighted by Gasteiger charge is 2.16. The number of aromatic nitrogens is 3. The Balaban J connectivity index is 1.22. The topological polar surface area (TPSA) is 44.0 Å². The molecule has 4 heterocycles. The van der Waals surface area contributed by atoms with E-state index in [1.165, 1.54) is 27.9 Å². The molecule has 6 heteroatoms. The molecule has 33 heavy (non-hydrogen) atoms. The predicted octanol–water partition coefficient (Wildman–Crippen LogP) is 5.82. The van der Waals surface area contributed by atoms with Gasteiger partial charge in [0.25, 0.3) is 0 Å². The lowest BCUT2D eigenvalue weighted by Crippen LogP contribution is -2.19. The zero-order chi connectivity index (χ0) is 22.6. The third-order valence-corrected chi connectivity index (χ3v) is 7.55. The maximum atomic E-state index is 6.22. The first-order valence-electron chi connectivity index (χ1n) is 12.3. The summed E-state index contributed by atoms with van der Waals surface area (Å²) in [5, 5.41) is 5.60. The highest BCUT2D eigenvalue weighted by Crippen LogP contribution is 2.30. The van der Waals surface area contributed by atoms with E-state index >= 15 is 0 Å². The Hall–Kier alpha value is -2.57. The van der Waals surface area contributed by atoms with Gasteiger partial charge in [-0.25, -0.2) is 4.98 Å². The monoisotopic (exact) mass is 462 g/mol. The molecule has 1 unspecified atom stereocenters. The van der Waals surface area contributed by atoms with Crippen molar-refractivity contribution in [2.24, 2.45) is 7.05 Å². The summed E-state index contributed by atoms with van der Waals surface area (Å²) in [4.78, 5) is 4.96. The molecule has 5 rings (SSSR count). The largest absolute Gasteiger partial charge is 0.490 e. The first-order valence-corrected chi connectivity index (χ1v) is 13.1. The Morgan fingerprint density at radius 3 is 2.85 bits per heavy atom. The van der Waals surface area contributed by atoms with E-state index in [9.17, 15) is 0 Å². The number of nitrogens with one attached hydrogen (secondary N) is 1. The smallest absolute Gasteiger partial charge is 0.156 e. The zero-order valence-electron chi connectivity index (χ0n) is 19.7. The molecule has 1 saturated heterocycles. The molecule has 1 aliphatic rings. The van der Waals surface area contributed by atoms with Crippen LogP contribution in [-0.2, 0) is 26.4 Å². The van der Waals surface area contributed by atoms with Gasteiger partial charge in [0.1, 0.15) is 5.75 Å². The van der Waals surface area contributed by atoms with Crippen molar-refractivity contribution in [3.8, 4) is 17.3 Å². The van der Waals surface area contributed by atoms with Crippen LogP contribution < -0.4 is 10.1 Å². The van der Waals surface area contributed by atoms with Crippen molar-refractivity contribution in [1.29, 1.82) is 0 Å². The van der Waals surface area contributed by atoms with Crippen molar-refractivity contribution in [2.45, 2.75) is 58.1 Å².